The summed E-state index contributed by atoms with van der Waals surface area (Å²) in [6.45, 7) is 4.02. The Labute approximate surface area is 415 Å². The number of aryl methyl sites for hydroxylation is 1. The van der Waals surface area contributed by atoms with Gasteiger partial charge in [0, 0.05) is 79.3 Å². The number of aromatic nitrogens is 1. The highest BCUT2D eigenvalue weighted by Gasteiger charge is 2.45. The first kappa shape index (κ1) is 51.6. The van der Waals surface area contributed by atoms with Gasteiger partial charge in [0.1, 0.15) is 11.9 Å². The average Bonchev–Trinajstić information content (AvgIpc) is 3.85. The van der Waals surface area contributed by atoms with Crippen LogP contribution in [0.25, 0.3) is 16.2 Å². The second-order valence-corrected chi connectivity index (χ2v) is 19.2. The van der Waals surface area contributed by atoms with Crippen LogP contribution in [0.2, 0.25) is 0 Å². The van der Waals surface area contributed by atoms with E-state index in [1.54, 1.807) is 53.8 Å². The molecule has 20 heteroatoms. The number of nitrogens with zero attached hydrogens (tertiary/aromatic N) is 4. The third kappa shape index (κ3) is 14.0. The number of pyridine rings is 1. The largest absolute Gasteiger partial charge is 0.352 e. The molecule has 1 saturated heterocycles. The minimum atomic E-state index is -0.990. The molecule has 0 aliphatic carbocycles. The molecule has 3 aliphatic heterocycles. The van der Waals surface area contributed by atoms with Crippen molar-refractivity contribution in [2.45, 2.75) is 83.9 Å². The van der Waals surface area contributed by atoms with Crippen molar-refractivity contribution in [1.82, 2.24) is 35.8 Å². The van der Waals surface area contributed by atoms with E-state index in [1.807, 2.05) is 35.4 Å². The molecular formula is C51H60N10O9S. The Hall–Kier alpha value is -7.29. The third-order valence-corrected chi connectivity index (χ3v) is 14.2. The van der Waals surface area contributed by atoms with E-state index in [0.717, 1.165) is 26.5 Å². The van der Waals surface area contributed by atoms with Gasteiger partial charge in [-0.2, -0.15) is 5.06 Å². The molecule has 3 aliphatic rings. The maximum atomic E-state index is 13.5. The van der Waals surface area contributed by atoms with Crippen LogP contribution in [0.3, 0.4) is 0 Å². The Balaban J connectivity index is 0.835. The van der Waals surface area contributed by atoms with E-state index >= 15 is 0 Å². The number of amides is 9. The number of likely N-dealkylation sites (N-methyl/N-ethyl adjacent to an activating group) is 1. The number of anilines is 2. The molecule has 374 valence electrons. The number of piperidine rings is 1. The quantitative estimate of drug-likeness (QED) is 0.0364. The highest BCUT2D eigenvalue weighted by atomic mass is 32.1. The van der Waals surface area contributed by atoms with Crippen LogP contribution in [0.1, 0.15) is 78.5 Å². The molecule has 7 rings (SSSR count). The summed E-state index contributed by atoms with van der Waals surface area (Å²) in [5, 5.41) is 16.6. The number of benzene rings is 2. The summed E-state index contributed by atoms with van der Waals surface area (Å²) in [6.07, 6.45) is 11.4. The van der Waals surface area contributed by atoms with Crippen molar-refractivity contribution >= 4 is 86.4 Å². The van der Waals surface area contributed by atoms with Crippen LogP contribution in [0.5, 0.6) is 0 Å². The lowest BCUT2D eigenvalue weighted by Gasteiger charge is -2.42. The van der Waals surface area contributed by atoms with Crippen molar-refractivity contribution in [1.29, 1.82) is 0 Å². The molecule has 5 heterocycles. The predicted octanol–water partition coefficient (Wildman–Crippen LogP) is 4.46. The Morgan fingerprint density at radius 2 is 1.70 bits per heavy atom. The number of primary amides is 1. The van der Waals surface area contributed by atoms with E-state index < -0.39 is 29.3 Å². The number of hydrogen-bond donors (Lipinski definition) is 6. The van der Waals surface area contributed by atoms with Gasteiger partial charge in [-0.25, -0.2) is 9.78 Å². The number of rotatable bonds is 22. The van der Waals surface area contributed by atoms with Gasteiger partial charge in [0.05, 0.1) is 25.1 Å². The number of unbranched alkanes of at least 4 members (excludes halogenated alkanes) is 2. The molecular weight excluding hydrogens is 929 g/mol. The lowest BCUT2D eigenvalue weighted by molar-refractivity contribution is -0.193. The van der Waals surface area contributed by atoms with Crippen LogP contribution in [-0.4, -0.2) is 113 Å². The molecule has 0 saturated carbocycles. The zero-order valence-electron chi connectivity index (χ0n) is 39.9. The number of urea groups is 1. The maximum absolute atomic E-state index is 13.5. The maximum Gasteiger partial charge on any atom is 0.312 e. The number of nitrogens with two attached hydrogens (primary N) is 1. The van der Waals surface area contributed by atoms with Crippen molar-refractivity contribution in [3.63, 3.8) is 0 Å². The highest BCUT2D eigenvalue weighted by molar-refractivity contribution is 7.19. The molecule has 1 atom stereocenters. The SMILES string of the molecule is Cc1c(CN(C)C(=O)/C=C/c2cnc3c(c2)CC2(CCN(OCc4ccc(NC(=O)[C@H](CCCNC(N)=O)NC(=O)CNC(=O)CCCCCN5C(=O)C=CC5=O)cc4)CC2)C(=O)N3)sc2ccccc12. The van der Waals surface area contributed by atoms with Gasteiger partial charge < -0.3 is 37.2 Å². The van der Waals surface area contributed by atoms with Crippen molar-refractivity contribution in [2.24, 2.45) is 11.1 Å². The predicted molar refractivity (Wildman–Crippen MR) is 268 cm³/mol. The summed E-state index contributed by atoms with van der Waals surface area (Å²) in [7, 11) is 1.80. The topological polar surface area (TPSA) is 255 Å². The zero-order valence-corrected chi connectivity index (χ0v) is 40.7. The minimum Gasteiger partial charge on any atom is -0.352 e. The number of fused-ring (bicyclic) bond motifs is 2. The first-order valence-corrected chi connectivity index (χ1v) is 24.6. The normalized spacial score (nSPS) is 15.7. The molecule has 1 spiro atoms. The lowest BCUT2D eigenvalue weighted by atomic mass is 9.71. The molecule has 2 aromatic heterocycles. The second kappa shape index (κ2) is 24.0. The fourth-order valence-corrected chi connectivity index (χ4v) is 9.99. The van der Waals surface area contributed by atoms with Gasteiger partial charge >= 0.3 is 6.03 Å². The molecule has 0 unspecified atom stereocenters. The molecule has 7 N–H and O–H groups in total. The molecule has 9 amide bonds. The van der Waals surface area contributed by atoms with Crippen LogP contribution in [-0.2, 0) is 58.0 Å². The summed E-state index contributed by atoms with van der Waals surface area (Å²) < 4.78 is 1.20. The number of nitrogens with one attached hydrogen (secondary N) is 5. The molecule has 2 aromatic carbocycles. The van der Waals surface area contributed by atoms with Crippen LogP contribution >= 0.6 is 11.3 Å². The van der Waals surface area contributed by atoms with Crippen LogP contribution in [0.4, 0.5) is 16.3 Å². The van der Waals surface area contributed by atoms with Gasteiger partial charge in [-0.1, -0.05) is 36.8 Å². The first-order chi connectivity index (χ1) is 34.2. The van der Waals surface area contributed by atoms with Gasteiger partial charge in [-0.15, -0.1) is 11.3 Å². The van der Waals surface area contributed by atoms with E-state index in [2.05, 4.69) is 50.6 Å². The average molecular weight is 989 g/mol. The fourth-order valence-electron chi connectivity index (χ4n) is 8.73. The van der Waals surface area contributed by atoms with Gasteiger partial charge in [-0.05, 0) is 110 Å². The smallest absolute Gasteiger partial charge is 0.312 e. The molecule has 0 radical (unpaired) electrons. The van der Waals surface area contributed by atoms with Crippen molar-refractivity contribution in [3.05, 3.63) is 106 Å². The van der Waals surface area contributed by atoms with Gasteiger partial charge in [0.15, 0.2) is 0 Å². The molecule has 4 aromatic rings. The number of carbonyl (C=O) groups excluding carboxylic acids is 8. The van der Waals surface area contributed by atoms with E-state index in [1.165, 1.54) is 27.8 Å². The summed E-state index contributed by atoms with van der Waals surface area (Å²) in [4.78, 5) is 115. The second-order valence-electron chi connectivity index (χ2n) is 18.1. The highest BCUT2D eigenvalue weighted by Crippen LogP contribution is 2.41. The van der Waals surface area contributed by atoms with E-state index in [-0.39, 0.29) is 68.6 Å². The van der Waals surface area contributed by atoms with Gasteiger partial charge in [-0.3, -0.25) is 43.3 Å². The number of hydrogen-bond acceptors (Lipinski definition) is 12. The van der Waals surface area contributed by atoms with E-state index in [4.69, 9.17) is 10.6 Å². The van der Waals surface area contributed by atoms with E-state index in [9.17, 15) is 38.4 Å². The van der Waals surface area contributed by atoms with E-state index in [0.29, 0.717) is 76.1 Å². The molecule has 0 bridgehead atoms. The standard InChI is InChI=1S/C51H60N10O9S/c1-33-38-9-5-6-11-40(38)71-41(33)31-59(2)44(64)18-15-35-27-36-28-51(49(68)58-47(36)55-29-35)21-25-60(26-22-51)70-32-34-13-16-37(17-14-34)56-48(67)39(10-8-23-53-50(52)69)57-43(63)30-54-42(62)12-4-3-7-24-61-45(65)19-20-46(61)66/h5-6,9,11,13-20,27,29,39H,3-4,7-8,10,12,21-26,28,30-32H2,1-2H3,(H,54,62)(H,56,67)(H,57,63)(H3,52,53,69)(H,55,58,68)/b18-15+/t39-/m0/s1. The summed E-state index contributed by atoms with van der Waals surface area (Å²) in [5.41, 5.74) is 8.75. The lowest BCUT2D eigenvalue weighted by Crippen LogP contribution is -2.49. The summed E-state index contributed by atoms with van der Waals surface area (Å²) in [6, 6.07) is 15.6. The molecule has 19 nitrogen and oxygen atoms in total. The molecule has 71 heavy (non-hydrogen) atoms. The Morgan fingerprint density at radius 1 is 0.958 bits per heavy atom. The first-order valence-electron chi connectivity index (χ1n) is 23.8. The summed E-state index contributed by atoms with van der Waals surface area (Å²) in [5.74, 6) is -1.78. The van der Waals surface area contributed by atoms with Crippen molar-refractivity contribution < 1.29 is 43.2 Å². The molecule has 1 fully saturated rings. The van der Waals surface area contributed by atoms with Gasteiger partial charge in [0.25, 0.3) is 11.8 Å². The number of hydroxylamine groups is 2. The summed E-state index contributed by atoms with van der Waals surface area (Å²) >= 11 is 1.70. The minimum absolute atomic E-state index is 0.0614. The number of thiophene rings is 1. The zero-order chi connectivity index (χ0) is 50.5. The van der Waals surface area contributed by atoms with Crippen molar-refractivity contribution in [2.75, 3.05) is 50.4 Å². The van der Waals surface area contributed by atoms with Gasteiger partial charge in [0.2, 0.25) is 29.5 Å². The van der Waals surface area contributed by atoms with Crippen LogP contribution in [0.15, 0.2) is 79.0 Å². The van der Waals surface area contributed by atoms with Crippen LogP contribution in [0, 0.1) is 12.3 Å². The Morgan fingerprint density at radius 3 is 2.44 bits per heavy atom. The fraction of sp³-hybridized carbons (Fsp3) is 0.392. The van der Waals surface area contributed by atoms with Crippen LogP contribution < -0.4 is 32.3 Å². The van der Waals surface area contributed by atoms with Crippen molar-refractivity contribution in [3.8, 4) is 0 Å². The monoisotopic (exact) mass is 988 g/mol. The number of imide groups is 1. The Bertz CT molecular complexity index is 2690. The third-order valence-electron chi connectivity index (χ3n) is 12.9. The Kier molecular flexibility index (Phi) is 17.4. The number of carbonyl (C=O) groups is 8.